The second-order valence-corrected chi connectivity index (χ2v) is 5.57. The smallest absolute Gasteiger partial charge is 0.122 e. The standard InChI is InChI=1S/C18H18N2O/c19-9-13-10-20(17-7-3-1-5-15(13)17)11-14-12-21-18-8-4-2-6-16(14)18/h1-8,10,14H,9,11-12,19H2. The highest BCUT2D eigenvalue weighted by Crippen LogP contribution is 2.35. The summed E-state index contributed by atoms with van der Waals surface area (Å²) in [6.07, 6.45) is 2.19. The fourth-order valence-corrected chi connectivity index (χ4v) is 3.25. The summed E-state index contributed by atoms with van der Waals surface area (Å²) in [5.41, 5.74) is 9.64. The lowest BCUT2D eigenvalue weighted by Gasteiger charge is -2.11. The first kappa shape index (κ1) is 12.5. The molecule has 106 valence electrons. The Bertz CT molecular complexity index is 791. The van der Waals surface area contributed by atoms with Crippen LogP contribution in [0.5, 0.6) is 5.75 Å². The highest BCUT2D eigenvalue weighted by molar-refractivity contribution is 5.84. The van der Waals surface area contributed by atoms with Gasteiger partial charge in [0, 0.05) is 41.7 Å². The van der Waals surface area contributed by atoms with Crippen molar-refractivity contribution in [2.24, 2.45) is 5.73 Å². The molecule has 1 aromatic heterocycles. The molecular formula is C18H18N2O. The van der Waals surface area contributed by atoms with Crippen molar-refractivity contribution in [1.29, 1.82) is 0 Å². The number of para-hydroxylation sites is 2. The average Bonchev–Trinajstić information content (AvgIpc) is 3.10. The number of rotatable bonds is 3. The van der Waals surface area contributed by atoms with E-state index in [4.69, 9.17) is 10.5 Å². The van der Waals surface area contributed by atoms with E-state index in [1.54, 1.807) is 0 Å². The van der Waals surface area contributed by atoms with Gasteiger partial charge < -0.3 is 15.0 Å². The molecule has 1 aliphatic rings. The lowest BCUT2D eigenvalue weighted by Crippen LogP contribution is -2.09. The van der Waals surface area contributed by atoms with Crippen LogP contribution in [0.25, 0.3) is 10.9 Å². The third-order valence-electron chi connectivity index (χ3n) is 4.31. The normalized spacial score (nSPS) is 16.9. The second-order valence-electron chi connectivity index (χ2n) is 5.57. The summed E-state index contributed by atoms with van der Waals surface area (Å²) in [6, 6.07) is 16.8. The van der Waals surface area contributed by atoms with E-state index in [1.807, 2.05) is 6.07 Å². The monoisotopic (exact) mass is 278 g/mol. The molecule has 3 heteroatoms. The van der Waals surface area contributed by atoms with Gasteiger partial charge in [-0.05, 0) is 17.7 Å². The molecular weight excluding hydrogens is 260 g/mol. The largest absolute Gasteiger partial charge is 0.493 e. The van der Waals surface area contributed by atoms with Crippen molar-refractivity contribution in [3.05, 3.63) is 65.9 Å². The number of benzene rings is 2. The number of aromatic nitrogens is 1. The van der Waals surface area contributed by atoms with Gasteiger partial charge >= 0.3 is 0 Å². The van der Waals surface area contributed by atoms with Crippen molar-refractivity contribution in [2.75, 3.05) is 6.61 Å². The van der Waals surface area contributed by atoms with Crippen LogP contribution in [0, 0.1) is 0 Å². The molecule has 0 aliphatic carbocycles. The predicted octanol–water partition coefficient (Wildman–Crippen LogP) is 3.28. The molecule has 0 spiro atoms. The second kappa shape index (κ2) is 4.93. The Labute approximate surface area is 123 Å². The molecule has 2 aromatic carbocycles. The Kier molecular flexibility index (Phi) is 2.93. The van der Waals surface area contributed by atoms with Gasteiger partial charge in [-0.2, -0.15) is 0 Å². The molecule has 2 N–H and O–H groups in total. The van der Waals surface area contributed by atoms with Gasteiger partial charge in [0.2, 0.25) is 0 Å². The maximum absolute atomic E-state index is 5.88. The fraction of sp³-hybridized carbons (Fsp3) is 0.222. The maximum Gasteiger partial charge on any atom is 0.122 e. The molecule has 1 aliphatic heterocycles. The van der Waals surface area contributed by atoms with Crippen LogP contribution >= 0.6 is 0 Å². The zero-order chi connectivity index (χ0) is 14.2. The summed E-state index contributed by atoms with van der Waals surface area (Å²) < 4.78 is 8.10. The van der Waals surface area contributed by atoms with E-state index in [0.717, 1.165) is 18.9 Å². The number of hydrogen-bond acceptors (Lipinski definition) is 2. The van der Waals surface area contributed by atoms with Gasteiger partial charge in [-0.15, -0.1) is 0 Å². The SMILES string of the molecule is NCc1cn(CC2COc3ccccc32)c2ccccc12. The Hall–Kier alpha value is -2.26. The number of fused-ring (bicyclic) bond motifs is 2. The molecule has 4 rings (SSSR count). The van der Waals surface area contributed by atoms with Crippen LogP contribution < -0.4 is 10.5 Å². The molecule has 1 atom stereocenters. The van der Waals surface area contributed by atoms with Crippen LogP contribution in [0.2, 0.25) is 0 Å². The number of nitrogens with zero attached hydrogens (tertiary/aromatic N) is 1. The van der Waals surface area contributed by atoms with Crippen molar-refractivity contribution < 1.29 is 4.74 Å². The minimum absolute atomic E-state index is 0.405. The number of ether oxygens (including phenoxy) is 1. The van der Waals surface area contributed by atoms with Crippen LogP contribution in [0.15, 0.2) is 54.7 Å². The van der Waals surface area contributed by atoms with E-state index in [1.165, 1.54) is 22.0 Å². The molecule has 3 nitrogen and oxygen atoms in total. The quantitative estimate of drug-likeness (QED) is 0.798. The minimum Gasteiger partial charge on any atom is -0.493 e. The van der Waals surface area contributed by atoms with Crippen molar-refractivity contribution in [3.63, 3.8) is 0 Å². The number of hydrogen-bond donors (Lipinski definition) is 1. The molecule has 2 heterocycles. The average molecular weight is 278 g/mol. The highest BCUT2D eigenvalue weighted by Gasteiger charge is 2.24. The first-order valence-corrected chi connectivity index (χ1v) is 7.35. The predicted molar refractivity (Wildman–Crippen MR) is 84.5 cm³/mol. The molecule has 0 fully saturated rings. The molecule has 0 bridgehead atoms. The molecule has 21 heavy (non-hydrogen) atoms. The van der Waals surface area contributed by atoms with Gasteiger partial charge in [0.15, 0.2) is 0 Å². The summed E-state index contributed by atoms with van der Waals surface area (Å²) in [7, 11) is 0. The van der Waals surface area contributed by atoms with Crippen molar-refractivity contribution in [2.45, 2.75) is 19.0 Å². The van der Waals surface area contributed by atoms with E-state index in [9.17, 15) is 0 Å². The van der Waals surface area contributed by atoms with Crippen LogP contribution in [0.3, 0.4) is 0 Å². The van der Waals surface area contributed by atoms with Crippen LogP contribution in [-0.4, -0.2) is 11.2 Å². The lowest BCUT2D eigenvalue weighted by molar-refractivity contribution is 0.320. The highest BCUT2D eigenvalue weighted by atomic mass is 16.5. The van der Waals surface area contributed by atoms with Gasteiger partial charge in [0.05, 0.1) is 6.61 Å². The van der Waals surface area contributed by atoms with Crippen LogP contribution in [-0.2, 0) is 13.1 Å². The molecule has 1 unspecified atom stereocenters. The van der Waals surface area contributed by atoms with Gasteiger partial charge in [-0.25, -0.2) is 0 Å². The van der Waals surface area contributed by atoms with Crippen LogP contribution in [0.1, 0.15) is 17.0 Å². The molecule has 3 aromatic rings. The number of nitrogens with two attached hydrogens (primary N) is 1. The van der Waals surface area contributed by atoms with E-state index in [0.29, 0.717) is 12.5 Å². The van der Waals surface area contributed by atoms with E-state index in [2.05, 4.69) is 53.2 Å². The van der Waals surface area contributed by atoms with E-state index in [-0.39, 0.29) is 0 Å². The summed E-state index contributed by atoms with van der Waals surface area (Å²) in [5.74, 6) is 1.43. The Morgan fingerprint density at radius 2 is 1.90 bits per heavy atom. The Balaban J connectivity index is 1.73. The first-order chi connectivity index (χ1) is 10.4. The van der Waals surface area contributed by atoms with E-state index >= 15 is 0 Å². The Morgan fingerprint density at radius 3 is 2.81 bits per heavy atom. The summed E-state index contributed by atoms with van der Waals surface area (Å²) >= 11 is 0. The topological polar surface area (TPSA) is 40.2 Å². The van der Waals surface area contributed by atoms with Gasteiger partial charge in [-0.1, -0.05) is 36.4 Å². The van der Waals surface area contributed by atoms with Crippen molar-refractivity contribution in [1.82, 2.24) is 4.57 Å². The maximum atomic E-state index is 5.88. The van der Waals surface area contributed by atoms with Gasteiger partial charge in [0.25, 0.3) is 0 Å². The summed E-state index contributed by atoms with van der Waals surface area (Å²) in [6.45, 7) is 2.26. The first-order valence-electron chi connectivity index (χ1n) is 7.35. The van der Waals surface area contributed by atoms with Crippen molar-refractivity contribution in [3.8, 4) is 5.75 Å². The Morgan fingerprint density at radius 1 is 1.10 bits per heavy atom. The lowest BCUT2D eigenvalue weighted by atomic mass is 10.0. The molecule has 0 amide bonds. The van der Waals surface area contributed by atoms with E-state index < -0.39 is 0 Å². The minimum atomic E-state index is 0.405. The summed E-state index contributed by atoms with van der Waals surface area (Å²) in [5, 5.41) is 1.26. The van der Waals surface area contributed by atoms with Gasteiger partial charge in [0.1, 0.15) is 5.75 Å². The molecule has 0 saturated carbocycles. The summed E-state index contributed by atoms with van der Waals surface area (Å²) in [4.78, 5) is 0. The third kappa shape index (κ3) is 2.01. The molecule has 0 saturated heterocycles. The third-order valence-corrected chi connectivity index (χ3v) is 4.31. The van der Waals surface area contributed by atoms with Crippen molar-refractivity contribution >= 4 is 10.9 Å². The zero-order valence-corrected chi connectivity index (χ0v) is 11.8. The fourth-order valence-electron chi connectivity index (χ4n) is 3.25. The van der Waals surface area contributed by atoms with Gasteiger partial charge in [-0.3, -0.25) is 0 Å². The molecule has 0 radical (unpaired) electrons. The zero-order valence-electron chi connectivity index (χ0n) is 11.8. The van der Waals surface area contributed by atoms with Crippen LogP contribution in [0.4, 0.5) is 0 Å².